The van der Waals surface area contributed by atoms with E-state index in [9.17, 15) is 19.2 Å². The van der Waals surface area contributed by atoms with Crippen molar-refractivity contribution < 1.29 is 23.9 Å². The Balaban J connectivity index is 2.47. The van der Waals surface area contributed by atoms with Gasteiger partial charge in [0, 0.05) is 11.6 Å². The van der Waals surface area contributed by atoms with Gasteiger partial charge in [-0.25, -0.2) is 4.79 Å². The number of carbonyl (C=O) groups is 4. The molecular weight excluding hydrogens is 436 g/mol. The minimum Gasteiger partial charge on any atom is -0.444 e. The SMILES string of the molecule is CC(C)(C)NC(=O)C(c1ccccc1)N(C(=O)C(CC(N)=O)NC(=O)OC(C)(C)C)C1CCC1. The van der Waals surface area contributed by atoms with Gasteiger partial charge in [-0.2, -0.15) is 0 Å². The van der Waals surface area contributed by atoms with Crippen molar-refractivity contribution in [3.05, 3.63) is 35.9 Å². The van der Waals surface area contributed by atoms with E-state index in [4.69, 9.17) is 10.5 Å². The standard InChI is InChI=1S/C25H38N4O5/c1-24(2,3)28-21(31)20(16-11-8-7-9-12-16)29(17-13-10-14-17)22(32)18(15-19(26)30)27-23(33)34-25(4,5)6/h7-9,11-12,17-18,20H,10,13-15H2,1-6H3,(H2,26,30)(H,27,33)(H,28,31). The second-order valence-electron chi connectivity index (χ2n) is 10.8. The highest BCUT2D eigenvalue weighted by atomic mass is 16.6. The fourth-order valence-electron chi connectivity index (χ4n) is 3.73. The third-order valence-corrected chi connectivity index (χ3v) is 5.26. The lowest BCUT2D eigenvalue weighted by molar-refractivity contribution is -0.148. The summed E-state index contributed by atoms with van der Waals surface area (Å²) in [5, 5.41) is 5.47. The first-order valence-corrected chi connectivity index (χ1v) is 11.6. The minimum absolute atomic E-state index is 0.209. The molecule has 0 heterocycles. The van der Waals surface area contributed by atoms with Crippen LogP contribution in [0.2, 0.25) is 0 Å². The number of amides is 4. The number of nitrogens with one attached hydrogen (secondary N) is 2. The fraction of sp³-hybridized carbons (Fsp3) is 0.600. The van der Waals surface area contributed by atoms with E-state index >= 15 is 0 Å². The van der Waals surface area contributed by atoms with E-state index in [1.807, 2.05) is 26.8 Å². The highest BCUT2D eigenvalue weighted by molar-refractivity contribution is 5.95. The molecule has 1 aromatic carbocycles. The molecule has 0 radical (unpaired) electrons. The Morgan fingerprint density at radius 1 is 1.06 bits per heavy atom. The van der Waals surface area contributed by atoms with Crippen LogP contribution in [-0.4, -0.2) is 51.9 Å². The number of alkyl carbamates (subject to hydrolysis) is 1. The molecule has 4 amide bonds. The van der Waals surface area contributed by atoms with Gasteiger partial charge in [0.1, 0.15) is 17.7 Å². The predicted octanol–water partition coefficient (Wildman–Crippen LogP) is 2.79. The molecule has 0 bridgehead atoms. The van der Waals surface area contributed by atoms with Crippen molar-refractivity contribution in [1.82, 2.24) is 15.5 Å². The normalized spacial score (nSPS) is 15.9. The van der Waals surface area contributed by atoms with Gasteiger partial charge in [0.05, 0.1) is 6.42 Å². The number of nitrogens with two attached hydrogens (primary N) is 1. The van der Waals surface area contributed by atoms with Crippen LogP contribution in [0.5, 0.6) is 0 Å². The van der Waals surface area contributed by atoms with E-state index in [-0.39, 0.29) is 11.9 Å². The van der Waals surface area contributed by atoms with Crippen LogP contribution in [0.3, 0.4) is 0 Å². The van der Waals surface area contributed by atoms with Gasteiger partial charge in [0.15, 0.2) is 0 Å². The number of hydrogen-bond acceptors (Lipinski definition) is 5. The molecule has 34 heavy (non-hydrogen) atoms. The Labute approximate surface area is 201 Å². The molecule has 4 N–H and O–H groups in total. The molecule has 0 saturated heterocycles. The van der Waals surface area contributed by atoms with Crippen molar-refractivity contribution in [2.24, 2.45) is 5.73 Å². The predicted molar refractivity (Wildman–Crippen MR) is 129 cm³/mol. The first-order chi connectivity index (χ1) is 15.7. The first-order valence-electron chi connectivity index (χ1n) is 11.6. The van der Waals surface area contributed by atoms with Gasteiger partial charge in [0.2, 0.25) is 17.7 Å². The smallest absolute Gasteiger partial charge is 0.408 e. The van der Waals surface area contributed by atoms with E-state index in [0.717, 1.165) is 6.42 Å². The maximum absolute atomic E-state index is 13.9. The Morgan fingerprint density at radius 3 is 2.09 bits per heavy atom. The number of benzene rings is 1. The van der Waals surface area contributed by atoms with Crippen molar-refractivity contribution in [1.29, 1.82) is 0 Å². The zero-order valence-corrected chi connectivity index (χ0v) is 21.0. The van der Waals surface area contributed by atoms with E-state index < -0.39 is 47.6 Å². The van der Waals surface area contributed by atoms with E-state index in [1.165, 1.54) is 4.90 Å². The van der Waals surface area contributed by atoms with Crippen molar-refractivity contribution in [2.45, 2.75) is 96.5 Å². The number of nitrogens with zero attached hydrogens (tertiary/aromatic N) is 1. The van der Waals surface area contributed by atoms with Gasteiger partial charge in [-0.15, -0.1) is 0 Å². The largest absolute Gasteiger partial charge is 0.444 e. The Kier molecular flexibility index (Phi) is 8.69. The maximum Gasteiger partial charge on any atom is 0.408 e. The van der Waals surface area contributed by atoms with E-state index in [2.05, 4.69) is 10.6 Å². The summed E-state index contributed by atoms with van der Waals surface area (Å²) in [7, 11) is 0. The molecule has 188 valence electrons. The zero-order valence-electron chi connectivity index (χ0n) is 21.0. The molecule has 2 rings (SSSR count). The third-order valence-electron chi connectivity index (χ3n) is 5.26. The molecule has 2 atom stereocenters. The Hall–Kier alpha value is -3.10. The summed E-state index contributed by atoms with van der Waals surface area (Å²) in [5.74, 6) is -1.64. The van der Waals surface area contributed by atoms with Crippen LogP contribution in [0.15, 0.2) is 30.3 Å². The van der Waals surface area contributed by atoms with Crippen molar-refractivity contribution in [3.8, 4) is 0 Å². The highest BCUT2D eigenvalue weighted by Gasteiger charge is 2.42. The quantitative estimate of drug-likeness (QED) is 0.533. The van der Waals surface area contributed by atoms with Gasteiger partial charge in [-0.1, -0.05) is 30.3 Å². The summed E-state index contributed by atoms with van der Waals surface area (Å²) < 4.78 is 5.29. The van der Waals surface area contributed by atoms with Crippen LogP contribution >= 0.6 is 0 Å². The first kappa shape index (κ1) is 27.1. The average molecular weight is 475 g/mol. The molecule has 9 nitrogen and oxygen atoms in total. The van der Waals surface area contributed by atoms with Gasteiger partial charge < -0.3 is 26.0 Å². The van der Waals surface area contributed by atoms with Crippen LogP contribution in [-0.2, 0) is 19.1 Å². The number of rotatable bonds is 8. The van der Waals surface area contributed by atoms with Crippen molar-refractivity contribution >= 4 is 23.8 Å². The van der Waals surface area contributed by atoms with Gasteiger partial charge in [-0.3, -0.25) is 14.4 Å². The molecule has 1 saturated carbocycles. The average Bonchev–Trinajstić information content (AvgIpc) is 2.62. The molecule has 1 aliphatic carbocycles. The maximum atomic E-state index is 13.9. The summed E-state index contributed by atoms with van der Waals surface area (Å²) in [6.07, 6.45) is 1.10. The summed E-state index contributed by atoms with van der Waals surface area (Å²) in [5.41, 5.74) is 4.72. The summed E-state index contributed by atoms with van der Waals surface area (Å²) in [4.78, 5) is 53.1. The lowest BCUT2D eigenvalue weighted by Crippen LogP contribution is -2.59. The van der Waals surface area contributed by atoms with Crippen LogP contribution in [0.1, 0.15) is 78.8 Å². The monoisotopic (exact) mass is 474 g/mol. The molecule has 1 fully saturated rings. The van der Waals surface area contributed by atoms with Crippen LogP contribution in [0, 0.1) is 0 Å². The number of ether oxygens (including phenoxy) is 1. The second kappa shape index (κ2) is 10.9. The molecule has 0 aromatic heterocycles. The number of primary amides is 1. The van der Waals surface area contributed by atoms with E-state index in [1.54, 1.807) is 45.0 Å². The van der Waals surface area contributed by atoms with Crippen LogP contribution in [0.25, 0.3) is 0 Å². The Bertz CT molecular complexity index is 885. The molecule has 0 spiro atoms. The Morgan fingerprint density at radius 2 is 1.65 bits per heavy atom. The van der Waals surface area contributed by atoms with Crippen molar-refractivity contribution in [2.75, 3.05) is 0 Å². The van der Waals surface area contributed by atoms with Gasteiger partial charge in [0.25, 0.3) is 0 Å². The molecular formula is C25H38N4O5. The molecule has 0 aliphatic heterocycles. The number of carbonyl (C=O) groups excluding carboxylic acids is 4. The molecule has 1 aromatic rings. The lowest BCUT2D eigenvalue weighted by atomic mass is 9.87. The highest BCUT2D eigenvalue weighted by Crippen LogP contribution is 2.34. The fourth-order valence-corrected chi connectivity index (χ4v) is 3.73. The summed E-state index contributed by atoms with van der Waals surface area (Å²) in [6, 6.07) is 6.60. The molecule has 9 heteroatoms. The van der Waals surface area contributed by atoms with Crippen molar-refractivity contribution in [3.63, 3.8) is 0 Å². The van der Waals surface area contributed by atoms with E-state index in [0.29, 0.717) is 18.4 Å². The van der Waals surface area contributed by atoms with Gasteiger partial charge >= 0.3 is 6.09 Å². The topological polar surface area (TPSA) is 131 Å². The lowest BCUT2D eigenvalue weighted by Gasteiger charge is -2.44. The summed E-state index contributed by atoms with van der Waals surface area (Å²) in [6.45, 7) is 10.7. The third kappa shape index (κ3) is 8.04. The summed E-state index contributed by atoms with van der Waals surface area (Å²) >= 11 is 0. The minimum atomic E-state index is -1.26. The van der Waals surface area contributed by atoms with Crippen LogP contribution < -0.4 is 16.4 Å². The second-order valence-corrected chi connectivity index (χ2v) is 10.8. The molecule has 2 unspecified atom stereocenters. The molecule has 1 aliphatic rings. The van der Waals surface area contributed by atoms with Gasteiger partial charge in [-0.05, 0) is 66.4 Å². The number of hydrogen-bond donors (Lipinski definition) is 3. The zero-order chi connectivity index (χ0) is 25.7. The van der Waals surface area contributed by atoms with Crippen LogP contribution in [0.4, 0.5) is 4.79 Å².